The van der Waals surface area contributed by atoms with E-state index in [1.54, 1.807) is 0 Å². The van der Waals surface area contributed by atoms with Crippen molar-refractivity contribution in [2.75, 3.05) is 6.61 Å². The van der Waals surface area contributed by atoms with Gasteiger partial charge < -0.3 is 15.9 Å². The van der Waals surface area contributed by atoms with E-state index in [1.807, 2.05) is 12.1 Å². The summed E-state index contributed by atoms with van der Waals surface area (Å²) in [5.74, 6) is 0.273. The number of aliphatic hydroxyl groups excluding tert-OH is 1. The van der Waals surface area contributed by atoms with Crippen LogP contribution in [0.15, 0.2) is 12.1 Å². The number of halogens is 2. The lowest BCUT2D eigenvalue weighted by atomic mass is 10.1. The first-order chi connectivity index (χ1) is 6.54. The van der Waals surface area contributed by atoms with Crippen molar-refractivity contribution in [2.24, 2.45) is 5.73 Å². The molecule has 0 saturated carbocycles. The van der Waals surface area contributed by atoms with Crippen molar-refractivity contribution in [3.05, 3.63) is 24.8 Å². The van der Waals surface area contributed by atoms with Gasteiger partial charge in [-0.05, 0) is 69.3 Å². The topological polar surface area (TPSA) is 66.5 Å². The smallest absolute Gasteiger partial charge is 0.132 e. The fraction of sp³-hybridized carbons (Fsp3) is 0.333. The highest BCUT2D eigenvalue weighted by Gasteiger charge is 2.10. The lowest BCUT2D eigenvalue weighted by Crippen LogP contribution is -2.26. The van der Waals surface area contributed by atoms with Gasteiger partial charge in [-0.1, -0.05) is 0 Å². The Kier molecular flexibility index (Phi) is 4.88. The molecule has 78 valence electrons. The van der Waals surface area contributed by atoms with Crippen LogP contribution in [0.1, 0.15) is 5.56 Å². The van der Waals surface area contributed by atoms with Crippen LogP contribution in [-0.4, -0.2) is 22.9 Å². The first-order valence-corrected chi connectivity index (χ1v) is 6.23. The molecule has 1 unspecified atom stereocenters. The zero-order valence-corrected chi connectivity index (χ0v) is 11.7. The molecule has 0 radical (unpaired) electrons. The molecule has 1 aromatic carbocycles. The average molecular weight is 419 g/mol. The van der Waals surface area contributed by atoms with Gasteiger partial charge in [0.05, 0.1) is 10.2 Å². The number of phenols is 1. The van der Waals surface area contributed by atoms with Crippen LogP contribution in [-0.2, 0) is 6.42 Å². The molecule has 4 N–H and O–H groups in total. The summed E-state index contributed by atoms with van der Waals surface area (Å²) in [7, 11) is 0. The zero-order valence-electron chi connectivity index (χ0n) is 7.37. The maximum atomic E-state index is 9.72. The Hall–Kier alpha value is 0.400. The Bertz CT molecular complexity index is 331. The monoisotopic (exact) mass is 419 g/mol. The van der Waals surface area contributed by atoms with Crippen LogP contribution in [0.3, 0.4) is 0 Å². The van der Waals surface area contributed by atoms with Crippen LogP contribution in [0.5, 0.6) is 5.75 Å². The molecule has 1 aromatic rings. The number of benzene rings is 1. The third-order valence-corrected chi connectivity index (χ3v) is 3.27. The van der Waals surface area contributed by atoms with Gasteiger partial charge in [-0.3, -0.25) is 0 Å². The van der Waals surface area contributed by atoms with Crippen LogP contribution in [0, 0.1) is 7.14 Å². The standard InChI is InChI=1S/C9H11I2NO2/c10-6-1-5(2-7(12)4-13)9(14)8(11)3-6/h1,3,7,13-14H,2,4,12H2. The van der Waals surface area contributed by atoms with Crippen LogP contribution in [0.25, 0.3) is 0 Å². The molecule has 0 bridgehead atoms. The van der Waals surface area contributed by atoms with Crippen molar-refractivity contribution >= 4 is 45.2 Å². The van der Waals surface area contributed by atoms with Crippen molar-refractivity contribution < 1.29 is 10.2 Å². The van der Waals surface area contributed by atoms with E-state index < -0.39 is 0 Å². The third kappa shape index (κ3) is 3.21. The fourth-order valence-corrected chi connectivity index (χ4v) is 3.09. The molecule has 0 aromatic heterocycles. The second kappa shape index (κ2) is 5.47. The van der Waals surface area contributed by atoms with Gasteiger partial charge in [-0.25, -0.2) is 0 Å². The third-order valence-electron chi connectivity index (χ3n) is 1.82. The predicted octanol–water partition coefficient (Wildman–Crippen LogP) is 1.46. The van der Waals surface area contributed by atoms with Crippen LogP contribution in [0.2, 0.25) is 0 Å². The molecular weight excluding hydrogens is 408 g/mol. The van der Waals surface area contributed by atoms with Gasteiger partial charge in [0.1, 0.15) is 5.75 Å². The Morgan fingerprint density at radius 1 is 1.36 bits per heavy atom. The number of nitrogens with two attached hydrogens (primary N) is 1. The minimum absolute atomic E-state index is 0.0680. The van der Waals surface area contributed by atoms with Crippen LogP contribution in [0.4, 0.5) is 0 Å². The molecule has 0 aliphatic rings. The van der Waals surface area contributed by atoms with Crippen molar-refractivity contribution in [3.8, 4) is 5.75 Å². The number of phenolic OH excluding ortho intramolecular Hbond substituents is 1. The van der Waals surface area contributed by atoms with E-state index in [2.05, 4.69) is 45.2 Å². The van der Waals surface area contributed by atoms with Crippen molar-refractivity contribution in [2.45, 2.75) is 12.5 Å². The predicted molar refractivity (Wildman–Crippen MR) is 72.3 cm³/mol. The summed E-state index contributed by atoms with van der Waals surface area (Å²) >= 11 is 4.26. The van der Waals surface area contributed by atoms with Crippen molar-refractivity contribution in [3.63, 3.8) is 0 Å². The van der Waals surface area contributed by atoms with Gasteiger partial charge in [0, 0.05) is 9.61 Å². The van der Waals surface area contributed by atoms with Gasteiger partial charge in [-0.15, -0.1) is 0 Å². The molecule has 5 heteroatoms. The SMILES string of the molecule is NC(CO)Cc1cc(I)cc(I)c1O. The van der Waals surface area contributed by atoms with E-state index in [0.29, 0.717) is 6.42 Å². The Labute approximate surface area is 110 Å². The maximum Gasteiger partial charge on any atom is 0.132 e. The molecule has 0 saturated heterocycles. The number of hydrogen-bond acceptors (Lipinski definition) is 3. The van der Waals surface area contributed by atoms with Gasteiger partial charge in [0.15, 0.2) is 0 Å². The maximum absolute atomic E-state index is 9.72. The molecule has 0 fully saturated rings. The van der Waals surface area contributed by atoms with Gasteiger partial charge in [-0.2, -0.15) is 0 Å². The van der Waals surface area contributed by atoms with E-state index in [0.717, 1.165) is 12.7 Å². The zero-order chi connectivity index (χ0) is 10.7. The molecule has 0 aliphatic heterocycles. The average Bonchev–Trinajstić information content (AvgIpc) is 2.13. The first kappa shape index (κ1) is 12.5. The largest absolute Gasteiger partial charge is 0.507 e. The van der Waals surface area contributed by atoms with Crippen LogP contribution < -0.4 is 5.73 Å². The minimum Gasteiger partial charge on any atom is -0.507 e. The van der Waals surface area contributed by atoms with Gasteiger partial charge >= 0.3 is 0 Å². The molecule has 3 nitrogen and oxygen atoms in total. The molecule has 0 heterocycles. The van der Waals surface area contributed by atoms with Gasteiger partial charge in [0.2, 0.25) is 0 Å². The van der Waals surface area contributed by atoms with Crippen molar-refractivity contribution in [1.82, 2.24) is 0 Å². The quantitative estimate of drug-likeness (QED) is 0.651. The summed E-state index contributed by atoms with van der Waals surface area (Å²) in [4.78, 5) is 0. The molecule has 1 rings (SSSR count). The van der Waals surface area contributed by atoms with Crippen molar-refractivity contribution in [1.29, 1.82) is 0 Å². The number of aromatic hydroxyl groups is 1. The normalized spacial score (nSPS) is 12.9. The fourth-order valence-electron chi connectivity index (χ4n) is 1.12. The molecule has 14 heavy (non-hydrogen) atoms. The second-order valence-electron chi connectivity index (χ2n) is 3.04. The summed E-state index contributed by atoms with van der Waals surface area (Å²) in [5, 5.41) is 18.5. The van der Waals surface area contributed by atoms with E-state index in [4.69, 9.17) is 10.8 Å². The Balaban J connectivity index is 2.96. The van der Waals surface area contributed by atoms with E-state index in [-0.39, 0.29) is 18.4 Å². The van der Waals surface area contributed by atoms with E-state index in [1.165, 1.54) is 0 Å². The highest BCUT2D eigenvalue weighted by molar-refractivity contribution is 14.1. The number of rotatable bonds is 3. The number of hydrogen-bond donors (Lipinski definition) is 3. The summed E-state index contributed by atoms with van der Waals surface area (Å²) in [6.07, 6.45) is 0.495. The summed E-state index contributed by atoms with van der Waals surface area (Å²) in [5.41, 5.74) is 6.40. The number of aliphatic hydroxyl groups is 1. The highest BCUT2D eigenvalue weighted by atomic mass is 127. The molecule has 0 spiro atoms. The molecule has 0 amide bonds. The molecule has 1 atom stereocenters. The highest BCUT2D eigenvalue weighted by Crippen LogP contribution is 2.27. The Morgan fingerprint density at radius 3 is 2.57 bits per heavy atom. The molecule has 0 aliphatic carbocycles. The van der Waals surface area contributed by atoms with Crippen LogP contribution >= 0.6 is 45.2 Å². The molecular formula is C9H11I2NO2. The lowest BCUT2D eigenvalue weighted by Gasteiger charge is -2.11. The lowest BCUT2D eigenvalue weighted by molar-refractivity contribution is 0.264. The minimum atomic E-state index is -0.310. The Morgan fingerprint density at radius 2 is 2.00 bits per heavy atom. The van der Waals surface area contributed by atoms with E-state index >= 15 is 0 Å². The summed E-state index contributed by atoms with van der Waals surface area (Å²) in [6, 6.07) is 3.47. The summed E-state index contributed by atoms with van der Waals surface area (Å²) < 4.78 is 1.87. The second-order valence-corrected chi connectivity index (χ2v) is 5.45. The summed E-state index contributed by atoms with van der Waals surface area (Å²) in [6.45, 7) is -0.0680. The van der Waals surface area contributed by atoms with E-state index in [9.17, 15) is 5.11 Å². The van der Waals surface area contributed by atoms with Gasteiger partial charge in [0.25, 0.3) is 0 Å². The first-order valence-electron chi connectivity index (χ1n) is 4.08.